The molecular formula is C14H14FNO. The van der Waals surface area contributed by atoms with Crippen molar-refractivity contribution in [3.05, 3.63) is 59.4 Å². The molecule has 2 N–H and O–H groups in total. The molecule has 0 aliphatic heterocycles. The Bertz CT molecular complexity index is 525. The number of anilines is 2. The third-order valence-corrected chi connectivity index (χ3v) is 2.72. The van der Waals surface area contributed by atoms with Crippen LogP contribution in [0.5, 0.6) is 0 Å². The maximum atomic E-state index is 13.4. The first-order valence-electron chi connectivity index (χ1n) is 5.43. The Kier molecular flexibility index (Phi) is 3.40. The Morgan fingerprint density at radius 1 is 1.06 bits per heavy atom. The summed E-state index contributed by atoms with van der Waals surface area (Å²) >= 11 is 0. The molecule has 0 amide bonds. The molecule has 0 radical (unpaired) electrons. The van der Waals surface area contributed by atoms with Gasteiger partial charge in [0.05, 0.1) is 6.61 Å². The van der Waals surface area contributed by atoms with E-state index in [4.69, 9.17) is 0 Å². The van der Waals surface area contributed by atoms with Gasteiger partial charge in [0, 0.05) is 22.5 Å². The van der Waals surface area contributed by atoms with Gasteiger partial charge >= 0.3 is 0 Å². The molecule has 0 bridgehead atoms. The average Bonchev–Trinajstić information content (AvgIpc) is 2.35. The van der Waals surface area contributed by atoms with Crippen molar-refractivity contribution < 1.29 is 9.50 Å². The summed E-state index contributed by atoms with van der Waals surface area (Å²) in [4.78, 5) is 0. The molecule has 0 fully saturated rings. The van der Waals surface area contributed by atoms with E-state index in [1.165, 1.54) is 6.07 Å². The van der Waals surface area contributed by atoms with Crippen molar-refractivity contribution in [3.63, 3.8) is 0 Å². The van der Waals surface area contributed by atoms with Crippen LogP contribution in [0.25, 0.3) is 0 Å². The minimum absolute atomic E-state index is 0.0441. The SMILES string of the molecule is Cc1c(F)cccc1Nc1ccccc1CO. The van der Waals surface area contributed by atoms with Crippen LogP contribution in [0.2, 0.25) is 0 Å². The molecule has 88 valence electrons. The zero-order valence-electron chi connectivity index (χ0n) is 9.57. The van der Waals surface area contributed by atoms with Crippen molar-refractivity contribution in [1.82, 2.24) is 0 Å². The predicted octanol–water partition coefficient (Wildman–Crippen LogP) is 3.37. The fraction of sp³-hybridized carbons (Fsp3) is 0.143. The monoisotopic (exact) mass is 231 g/mol. The van der Waals surface area contributed by atoms with Gasteiger partial charge in [-0.15, -0.1) is 0 Å². The van der Waals surface area contributed by atoms with Gasteiger partial charge in [-0.1, -0.05) is 24.3 Å². The van der Waals surface area contributed by atoms with E-state index in [1.807, 2.05) is 30.3 Å². The van der Waals surface area contributed by atoms with Crippen molar-refractivity contribution in [2.45, 2.75) is 13.5 Å². The Labute approximate surface area is 99.7 Å². The number of aliphatic hydroxyl groups is 1. The van der Waals surface area contributed by atoms with Crippen LogP contribution in [-0.4, -0.2) is 5.11 Å². The number of nitrogens with one attached hydrogen (secondary N) is 1. The second-order valence-corrected chi connectivity index (χ2v) is 3.85. The smallest absolute Gasteiger partial charge is 0.128 e. The molecule has 0 saturated carbocycles. The third-order valence-electron chi connectivity index (χ3n) is 2.72. The van der Waals surface area contributed by atoms with Gasteiger partial charge in [0.25, 0.3) is 0 Å². The number of aliphatic hydroxyl groups excluding tert-OH is 1. The standard InChI is InChI=1S/C14H14FNO/c1-10-12(15)6-4-8-13(10)16-14-7-3-2-5-11(14)9-17/h2-8,16-17H,9H2,1H3. The van der Waals surface area contributed by atoms with Crippen molar-refractivity contribution in [2.75, 3.05) is 5.32 Å². The molecule has 0 heterocycles. The first-order chi connectivity index (χ1) is 8.22. The minimum atomic E-state index is -0.239. The first-order valence-corrected chi connectivity index (χ1v) is 5.43. The third kappa shape index (κ3) is 2.45. The van der Waals surface area contributed by atoms with Gasteiger partial charge in [-0.05, 0) is 25.1 Å². The molecule has 2 aromatic rings. The van der Waals surface area contributed by atoms with Gasteiger partial charge in [-0.3, -0.25) is 0 Å². The molecule has 0 aliphatic rings. The van der Waals surface area contributed by atoms with Crippen molar-refractivity contribution in [2.24, 2.45) is 0 Å². The van der Waals surface area contributed by atoms with Crippen LogP contribution in [0.1, 0.15) is 11.1 Å². The van der Waals surface area contributed by atoms with E-state index in [2.05, 4.69) is 5.32 Å². The molecule has 0 atom stereocenters. The zero-order chi connectivity index (χ0) is 12.3. The van der Waals surface area contributed by atoms with Crippen molar-refractivity contribution >= 4 is 11.4 Å². The number of halogens is 1. The summed E-state index contributed by atoms with van der Waals surface area (Å²) in [5.74, 6) is -0.239. The Morgan fingerprint density at radius 2 is 1.76 bits per heavy atom. The Balaban J connectivity index is 2.35. The van der Waals surface area contributed by atoms with Gasteiger partial charge in [0.2, 0.25) is 0 Å². The van der Waals surface area contributed by atoms with E-state index in [0.717, 1.165) is 11.3 Å². The normalized spacial score (nSPS) is 10.3. The van der Waals surface area contributed by atoms with Gasteiger partial charge in [0.15, 0.2) is 0 Å². The molecule has 2 aromatic carbocycles. The van der Waals surface area contributed by atoms with E-state index < -0.39 is 0 Å². The number of benzene rings is 2. The van der Waals surface area contributed by atoms with Crippen LogP contribution in [-0.2, 0) is 6.61 Å². The van der Waals surface area contributed by atoms with Crippen LogP contribution in [0.4, 0.5) is 15.8 Å². The molecule has 0 saturated heterocycles. The molecule has 0 aromatic heterocycles. The van der Waals surface area contributed by atoms with Crippen LogP contribution in [0, 0.1) is 12.7 Å². The van der Waals surface area contributed by atoms with Crippen LogP contribution in [0.15, 0.2) is 42.5 Å². The molecule has 2 rings (SSSR count). The minimum Gasteiger partial charge on any atom is -0.392 e. The predicted molar refractivity (Wildman–Crippen MR) is 66.8 cm³/mol. The van der Waals surface area contributed by atoms with Crippen LogP contribution in [0.3, 0.4) is 0 Å². The molecule has 17 heavy (non-hydrogen) atoms. The lowest BCUT2D eigenvalue weighted by molar-refractivity contribution is 0.282. The highest BCUT2D eigenvalue weighted by Crippen LogP contribution is 2.24. The Morgan fingerprint density at radius 3 is 2.53 bits per heavy atom. The Hall–Kier alpha value is -1.87. The lowest BCUT2D eigenvalue weighted by Crippen LogP contribution is -1.98. The fourth-order valence-corrected chi connectivity index (χ4v) is 1.67. The van der Waals surface area contributed by atoms with E-state index in [0.29, 0.717) is 11.3 Å². The van der Waals surface area contributed by atoms with Gasteiger partial charge in [0.1, 0.15) is 5.82 Å². The molecule has 0 spiro atoms. The molecular weight excluding hydrogens is 217 g/mol. The lowest BCUT2D eigenvalue weighted by Gasteiger charge is -2.12. The van der Waals surface area contributed by atoms with Crippen molar-refractivity contribution in [3.8, 4) is 0 Å². The summed E-state index contributed by atoms with van der Waals surface area (Å²) in [7, 11) is 0. The topological polar surface area (TPSA) is 32.3 Å². The van der Waals surface area contributed by atoms with E-state index in [1.54, 1.807) is 13.0 Å². The first kappa shape index (κ1) is 11.6. The van der Waals surface area contributed by atoms with Gasteiger partial charge in [-0.2, -0.15) is 0 Å². The molecule has 3 heteroatoms. The van der Waals surface area contributed by atoms with Crippen LogP contribution < -0.4 is 5.32 Å². The summed E-state index contributed by atoms with van der Waals surface area (Å²) in [5, 5.41) is 12.3. The second kappa shape index (κ2) is 4.97. The zero-order valence-corrected chi connectivity index (χ0v) is 9.57. The summed E-state index contributed by atoms with van der Waals surface area (Å²) < 4.78 is 13.4. The summed E-state index contributed by atoms with van der Waals surface area (Å²) in [5.41, 5.74) is 2.87. The van der Waals surface area contributed by atoms with Gasteiger partial charge in [-0.25, -0.2) is 4.39 Å². The quantitative estimate of drug-likeness (QED) is 0.848. The van der Waals surface area contributed by atoms with E-state index in [9.17, 15) is 9.50 Å². The fourth-order valence-electron chi connectivity index (χ4n) is 1.67. The van der Waals surface area contributed by atoms with Crippen LogP contribution >= 0.6 is 0 Å². The number of hydrogen-bond donors (Lipinski definition) is 2. The summed E-state index contributed by atoms with van der Waals surface area (Å²) in [6.45, 7) is 1.68. The summed E-state index contributed by atoms with van der Waals surface area (Å²) in [6.07, 6.45) is 0. The largest absolute Gasteiger partial charge is 0.392 e. The lowest BCUT2D eigenvalue weighted by atomic mass is 10.1. The number of rotatable bonds is 3. The van der Waals surface area contributed by atoms with Gasteiger partial charge < -0.3 is 10.4 Å². The number of para-hydroxylation sites is 1. The maximum absolute atomic E-state index is 13.4. The highest BCUT2D eigenvalue weighted by atomic mass is 19.1. The molecule has 2 nitrogen and oxygen atoms in total. The van der Waals surface area contributed by atoms with Crippen molar-refractivity contribution in [1.29, 1.82) is 0 Å². The maximum Gasteiger partial charge on any atom is 0.128 e. The van der Waals surface area contributed by atoms with E-state index >= 15 is 0 Å². The highest BCUT2D eigenvalue weighted by Gasteiger charge is 2.05. The molecule has 0 aliphatic carbocycles. The number of hydrogen-bond acceptors (Lipinski definition) is 2. The summed E-state index contributed by atoms with van der Waals surface area (Å²) in [6, 6.07) is 12.3. The highest BCUT2D eigenvalue weighted by molar-refractivity contribution is 5.65. The van der Waals surface area contributed by atoms with E-state index in [-0.39, 0.29) is 12.4 Å². The average molecular weight is 231 g/mol. The molecule has 0 unspecified atom stereocenters. The second-order valence-electron chi connectivity index (χ2n) is 3.85.